The molecule has 8 nitrogen and oxygen atoms in total. The van der Waals surface area contributed by atoms with Gasteiger partial charge in [0.1, 0.15) is 11.6 Å². The summed E-state index contributed by atoms with van der Waals surface area (Å²) in [6.45, 7) is 10.1. The van der Waals surface area contributed by atoms with Crippen molar-refractivity contribution in [2.75, 3.05) is 43.9 Å². The van der Waals surface area contributed by atoms with Crippen LogP contribution < -0.4 is 15.4 Å². The Morgan fingerprint density at radius 3 is 2.52 bits per heavy atom. The van der Waals surface area contributed by atoms with Gasteiger partial charge in [-0.2, -0.15) is 4.98 Å². The van der Waals surface area contributed by atoms with Gasteiger partial charge in [-0.15, -0.1) is 0 Å². The normalized spacial score (nSPS) is 16.1. The van der Waals surface area contributed by atoms with Crippen molar-refractivity contribution < 1.29 is 9.53 Å². The largest absolute Gasteiger partial charge is 0.489 e. The molecule has 2 aliphatic rings. The third-order valence-corrected chi connectivity index (χ3v) is 8.52. The number of carbonyl (C=O) groups is 1. The molecular formula is C31H39IN6O2. The lowest BCUT2D eigenvalue weighted by molar-refractivity contribution is 0.0653. The monoisotopic (exact) mass is 654 g/mol. The number of piperidine rings is 1. The Labute approximate surface area is 251 Å². The lowest BCUT2D eigenvalue weighted by atomic mass is 9.86. The van der Waals surface area contributed by atoms with Crippen LogP contribution in [-0.2, 0) is 4.43 Å². The molecule has 9 heteroatoms. The molecule has 0 unspecified atom stereocenters. The third kappa shape index (κ3) is 6.52. The molecule has 212 valence electrons. The quantitative estimate of drug-likeness (QED) is 0.198. The van der Waals surface area contributed by atoms with E-state index in [9.17, 15) is 4.79 Å². The summed E-state index contributed by atoms with van der Waals surface area (Å²) in [5.74, 6) is 2.56. The second kappa shape index (κ2) is 12.7. The van der Waals surface area contributed by atoms with Gasteiger partial charge in [0.05, 0.1) is 23.0 Å². The van der Waals surface area contributed by atoms with Gasteiger partial charge in [0, 0.05) is 29.3 Å². The molecule has 0 radical (unpaired) electrons. The number of likely N-dealkylation sites (tertiary alicyclic amines) is 2. The van der Waals surface area contributed by atoms with Crippen LogP contribution in [0.4, 0.5) is 23.1 Å². The summed E-state index contributed by atoms with van der Waals surface area (Å²) in [5, 5.41) is 6.87. The summed E-state index contributed by atoms with van der Waals surface area (Å²) in [5.41, 5.74) is 5.82. The van der Waals surface area contributed by atoms with Crippen molar-refractivity contribution in [3.8, 4) is 5.75 Å². The van der Waals surface area contributed by atoms with Crippen molar-refractivity contribution >= 4 is 51.6 Å². The number of ether oxygens (including phenoxy) is 1. The van der Waals surface area contributed by atoms with Crippen molar-refractivity contribution in [1.82, 2.24) is 19.8 Å². The molecule has 0 bridgehead atoms. The molecule has 2 aliphatic heterocycles. The summed E-state index contributed by atoms with van der Waals surface area (Å²) in [6.07, 6.45) is 5.24. The second-order valence-corrected chi connectivity index (χ2v) is 11.9. The van der Waals surface area contributed by atoms with Crippen LogP contribution in [0.25, 0.3) is 0 Å². The van der Waals surface area contributed by atoms with E-state index in [2.05, 4.69) is 69.2 Å². The van der Waals surface area contributed by atoms with E-state index in [0.717, 1.165) is 72.6 Å². The number of aromatic nitrogens is 2. The molecular weight excluding hydrogens is 615 g/mol. The SMILES string of the molecule is Cc1cc(Nc2ncc(CI)c(Nc3ccccc3C(=O)N3CCC3)n2)c(OC(C)C)cc1C1CCN(C)CC1. The number of hydrogen-bond donors (Lipinski definition) is 2. The zero-order valence-electron chi connectivity index (χ0n) is 23.8. The third-order valence-electron chi connectivity index (χ3n) is 7.70. The number of hydrogen-bond acceptors (Lipinski definition) is 7. The van der Waals surface area contributed by atoms with Crippen molar-refractivity contribution in [2.45, 2.75) is 56.5 Å². The van der Waals surface area contributed by atoms with Gasteiger partial charge in [0.25, 0.3) is 5.91 Å². The number of amides is 1. The highest BCUT2D eigenvalue weighted by Gasteiger charge is 2.25. The summed E-state index contributed by atoms with van der Waals surface area (Å²) >= 11 is 2.31. The number of anilines is 4. The van der Waals surface area contributed by atoms with Gasteiger partial charge in [-0.25, -0.2) is 4.98 Å². The minimum absolute atomic E-state index is 0.0357. The Bertz CT molecular complexity index is 1350. The molecule has 40 heavy (non-hydrogen) atoms. The molecule has 3 heterocycles. The second-order valence-electron chi connectivity index (χ2n) is 11.1. The number of nitrogens with zero attached hydrogens (tertiary/aromatic N) is 4. The number of halogens is 1. The van der Waals surface area contributed by atoms with Crippen molar-refractivity contribution in [1.29, 1.82) is 0 Å². The van der Waals surface area contributed by atoms with E-state index in [0.29, 0.717) is 23.2 Å². The smallest absolute Gasteiger partial charge is 0.255 e. The van der Waals surface area contributed by atoms with E-state index >= 15 is 0 Å². The molecule has 1 amide bonds. The van der Waals surface area contributed by atoms with Crippen LogP contribution >= 0.6 is 22.6 Å². The van der Waals surface area contributed by atoms with E-state index in [1.807, 2.05) is 49.2 Å². The van der Waals surface area contributed by atoms with Crippen molar-refractivity contribution in [3.63, 3.8) is 0 Å². The number of benzene rings is 2. The lowest BCUT2D eigenvalue weighted by Crippen LogP contribution is -2.42. The zero-order chi connectivity index (χ0) is 28.2. The first-order chi connectivity index (χ1) is 19.3. The fourth-order valence-electron chi connectivity index (χ4n) is 5.30. The molecule has 0 atom stereocenters. The molecule has 0 saturated carbocycles. The van der Waals surface area contributed by atoms with E-state index < -0.39 is 0 Å². The van der Waals surface area contributed by atoms with Gasteiger partial charge in [-0.1, -0.05) is 34.7 Å². The standard InChI is InChI=1S/C31H39IN6O2/c1-20(2)40-28-17-25(22-10-14-37(4)15-11-22)21(3)16-27(28)35-31-33-19-23(18-32)29(36-31)34-26-9-6-5-8-24(26)30(39)38-12-7-13-38/h5-6,8-9,16-17,19-20,22H,7,10-15,18H2,1-4H3,(H2,33,34,35,36). The van der Waals surface area contributed by atoms with Gasteiger partial charge in [-0.05, 0) is 101 Å². The van der Waals surface area contributed by atoms with Crippen LogP contribution in [0.5, 0.6) is 5.75 Å². The van der Waals surface area contributed by atoms with Crippen LogP contribution in [0.3, 0.4) is 0 Å². The van der Waals surface area contributed by atoms with Gasteiger partial charge in [-0.3, -0.25) is 4.79 Å². The van der Waals surface area contributed by atoms with Crippen LogP contribution in [0.2, 0.25) is 0 Å². The van der Waals surface area contributed by atoms with Crippen LogP contribution in [0.1, 0.15) is 66.1 Å². The molecule has 2 saturated heterocycles. The van der Waals surface area contributed by atoms with Crippen LogP contribution in [0.15, 0.2) is 42.6 Å². The highest BCUT2D eigenvalue weighted by molar-refractivity contribution is 14.1. The van der Waals surface area contributed by atoms with Crippen LogP contribution in [-0.4, -0.2) is 65.0 Å². The maximum Gasteiger partial charge on any atom is 0.255 e. The molecule has 0 spiro atoms. The topological polar surface area (TPSA) is 82.6 Å². The highest BCUT2D eigenvalue weighted by atomic mass is 127. The van der Waals surface area contributed by atoms with Gasteiger partial charge in [0.15, 0.2) is 0 Å². The molecule has 0 aliphatic carbocycles. The van der Waals surface area contributed by atoms with Crippen molar-refractivity contribution in [3.05, 3.63) is 64.8 Å². The van der Waals surface area contributed by atoms with Gasteiger partial charge < -0.3 is 25.2 Å². The molecule has 5 rings (SSSR count). The Hall–Kier alpha value is -2.92. The van der Waals surface area contributed by atoms with Gasteiger partial charge in [0.2, 0.25) is 5.95 Å². The molecule has 2 aromatic carbocycles. The predicted molar refractivity (Wildman–Crippen MR) is 170 cm³/mol. The minimum Gasteiger partial charge on any atom is -0.489 e. The average molecular weight is 655 g/mol. The maximum atomic E-state index is 13.0. The number of alkyl halides is 1. The Morgan fingerprint density at radius 1 is 1.10 bits per heavy atom. The number of aryl methyl sites for hydroxylation is 1. The first kappa shape index (κ1) is 28.6. The highest BCUT2D eigenvalue weighted by Crippen LogP contribution is 2.38. The van der Waals surface area contributed by atoms with E-state index in [1.165, 1.54) is 11.1 Å². The Morgan fingerprint density at radius 2 is 1.85 bits per heavy atom. The molecule has 2 fully saturated rings. The summed E-state index contributed by atoms with van der Waals surface area (Å²) in [4.78, 5) is 26.8. The van der Waals surface area contributed by atoms with Gasteiger partial charge >= 0.3 is 0 Å². The van der Waals surface area contributed by atoms with E-state index in [-0.39, 0.29) is 12.0 Å². The average Bonchev–Trinajstić information content (AvgIpc) is 2.90. The Kier molecular flexibility index (Phi) is 9.10. The Balaban J connectivity index is 1.43. The molecule has 3 aromatic rings. The molecule has 2 N–H and O–H groups in total. The van der Waals surface area contributed by atoms with E-state index in [4.69, 9.17) is 9.72 Å². The number of carbonyl (C=O) groups excluding carboxylic acids is 1. The first-order valence-corrected chi connectivity index (χ1v) is 15.7. The first-order valence-electron chi connectivity index (χ1n) is 14.2. The fourth-order valence-corrected chi connectivity index (χ4v) is 5.86. The van der Waals surface area contributed by atoms with Crippen molar-refractivity contribution in [2.24, 2.45) is 0 Å². The van der Waals surface area contributed by atoms with E-state index in [1.54, 1.807) is 0 Å². The van der Waals surface area contributed by atoms with Crippen LogP contribution in [0, 0.1) is 6.92 Å². The maximum absolute atomic E-state index is 13.0. The number of para-hydroxylation sites is 1. The lowest BCUT2D eigenvalue weighted by Gasteiger charge is -2.31. The zero-order valence-corrected chi connectivity index (χ0v) is 26.0. The summed E-state index contributed by atoms with van der Waals surface area (Å²) in [7, 11) is 2.19. The minimum atomic E-state index is 0.0357. The fraction of sp³-hybridized carbons (Fsp3) is 0.452. The summed E-state index contributed by atoms with van der Waals surface area (Å²) < 4.78 is 7.02. The number of rotatable bonds is 9. The summed E-state index contributed by atoms with van der Waals surface area (Å²) in [6, 6.07) is 12.0. The number of nitrogens with one attached hydrogen (secondary N) is 2. The molecule has 1 aromatic heterocycles. The predicted octanol–water partition coefficient (Wildman–Crippen LogP) is 6.65.